The highest BCUT2D eigenvalue weighted by Crippen LogP contribution is 2.44. The van der Waals surface area contributed by atoms with Gasteiger partial charge in [0.25, 0.3) is 0 Å². The van der Waals surface area contributed by atoms with Gasteiger partial charge in [-0.2, -0.15) is 18.3 Å². The Balaban J connectivity index is 1.97. The fraction of sp³-hybridized carbons (Fsp3) is 0.348. The standard InChI is InChI=1S/C23H24F3N3O3/c1-30-18-12-14(13-19(31-2)21(18)32-3)20-15-8-6-7-11-27-22(15)29(28-20)17-10-5-4-9-16(17)23(24,25)26/h4-5,9-10,12-13,27H,6-8,11H2,1-3H3. The Labute approximate surface area is 183 Å². The maximum atomic E-state index is 13.7. The Morgan fingerprint density at radius 1 is 0.969 bits per heavy atom. The number of nitrogens with zero attached hydrogens (tertiary/aromatic N) is 2. The molecule has 9 heteroatoms. The van der Waals surface area contributed by atoms with Crippen molar-refractivity contribution in [3.63, 3.8) is 0 Å². The molecule has 0 aliphatic carbocycles. The van der Waals surface area contributed by atoms with Crippen molar-refractivity contribution < 1.29 is 27.4 Å². The average molecular weight is 447 g/mol. The number of methoxy groups -OCH3 is 3. The minimum absolute atomic E-state index is 0.0238. The summed E-state index contributed by atoms with van der Waals surface area (Å²) in [6.45, 7) is 0.654. The van der Waals surface area contributed by atoms with Crippen molar-refractivity contribution in [2.24, 2.45) is 0 Å². The van der Waals surface area contributed by atoms with Crippen molar-refractivity contribution in [1.29, 1.82) is 0 Å². The maximum absolute atomic E-state index is 13.7. The number of rotatable bonds is 5. The molecule has 0 saturated heterocycles. The lowest BCUT2D eigenvalue weighted by molar-refractivity contribution is -0.137. The monoisotopic (exact) mass is 447 g/mol. The summed E-state index contributed by atoms with van der Waals surface area (Å²) < 4.78 is 58.9. The van der Waals surface area contributed by atoms with Crippen LogP contribution in [0.3, 0.4) is 0 Å². The van der Waals surface area contributed by atoms with E-state index in [1.165, 1.54) is 38.1 Å². The molecule has 1 N–H and O–H groups in total. The van der Waals surface area contributed by atoms with Crippen LogP contribution in [-0.2, 0) is 12.6 Å². The van der Waals surface area contributed by atoms with E-state index >= 15 is 0 Å². The summed E-state index contributed by atoms with van der Waals surface area (Å²) in [5.74, 6) is 1.90. The van der Waals surface area contributed by atoms with Gasteiger partial charge in [0.2, 0.25) is 5.75 Å². The molecule has 1 aliphatic rings. The fourth-order valence-electron chi connectivity index (χ4n) is 4.02. The first-order chi connectivity index (χ1) is 15.4. The van der Waals surface area contributed by atoms with Gasteiger partial charge < -0.3 is 19.5 Å². The number of ether oxygens (including phenoxy) is 3. The average Bonchev–Trinajstić information content (AvgIpc) is 2.97. The second-order valence-corrected chi connectivity index (χ2v) is 7.40. The Hall–Kier alpha value is -3.36. The molecule has 0 fully saturated rings. The van der Waals surface area contributed by atoms with Crippen molar-refractivity contribution in [3.8, 4) is 34.2 Å². The SMILES string of the molecule is COc1cc(-c2nn(-c3ccccc3C(F)(F)F)c3c2CCCCN3)cc(OC)c1OC. The van der Waals surface area contributed by atoms with Crippen LogP contribution in [0.1, 0.15) is 24.0 Å². The molecule has 32 heavy (non-hydrogen) atoms. The van der Waals surface area contributed by atoms with Gasteiger partial charge >= 0.3 is 6.18 Å². The van der Waals surface area contributed by atoms with E-state index < -0.39 is 11.7 Å². The van der Waals surface area contributed by atoms with E-state index in [9.17, 15) is 13.2 Å². The zero-order valence-corrected chi connectivity index (χ0v) is 18.0. The van der Waals surface area contributed by atoms with Crippen molar-refractivity contribution in [3.05, 3.63) is 47.5 Å². The molecule has 2 heterocycles. The molecular weight excluding hydrogens is 423 g/mol. The number of alkyl halides is 3. The third-order valence-corrected chi connectivity index (χ3v) is 5.51. The van der Waals surface area contributed by atoms with Gasteiger partial charge in [-0.05, 0) is 43.5 Å². The largest absolute Gasteiger partial charge is 0.493 e. The highest BCUT2D eigenvalue weighted by atomic mass is 19.4. The normalized spacial score (nSPS) is 13.7. The molecule has 0 saturated carbocycles. The first kappa shape index (κ1) is 21.9. The molecule has 0 radical (unpaired) electrons. The van der Waals surface area contributed by atoms with Gasteiger partial charge in [0, 0.05) is 17.7 Å². The van der Waals surface area contributed by atoms with Crippen LogP contribution in [0.2, 0.25) is 0 Å². The molecule has 0 atom stereocenters. The minimum Gasteiger partial charge on any atom is -0.493 e. The predicted octanol–water partition coefficient (Wildman–Crippen LogP) is 5.33. The molecule has 2 aromatic carbocycles. The molecule has 170 valence electrons. The number of hydrogen-bond donors (Lipinski definition) is 1. The Kier molecular flexibility index (Phi) is 5.90. The molecule has 0 amide bonds. The summed E-state index contributed by atoms with van der Waals surface area (Å²) in [6.07, 6.45) is -2.02. The topological polar surface area (TPSA) is 57.5 Å². The lowest BCUT2D eigenvalue weighted by atomic mass is 10.0. The van der Waals surface area contributed by atoms with Crippen LogP contribution in [0.15, 0.2) is 36.4 Å². The summed E-state index contributed by atoms with van der Waals surface area (Å²) >= 11 is 0. The quantitative estimate of drug-likeness (QED) is 0.573. The van der Waals surface area contributed by atoms with Gasteiger partial charge in [-0.25, -0.2) is 4.68 Å². The summed E-state index contributed by atoms with van der Waals surface area (Å²) in [5.41, 5.74) is 1.33. The number of aromatic nitrogens is 2. The summed E-state index contributed by atoms with van der Waals surface area (Å²) in [7, 11) is 4.54. The molecular formula is C23H24F3N3O3. The summed E-state index contributed by atoms with van der Waals surface area (Å²) in [4.78, 5) is 0. The van der Waals surface area contributed by atoms with E-state index in [2.05, 4.69) is 10.4 Å². The zero-order chi connectivity index (χ0) is 22.9. The summed E-state index contributed by atoms with van der Waals surface area (Å²) in [5, 5.41) is 7.94. The van der Waals surface area contributed by atoms with Crippen LogP contribution < -0.4 is 19.5 Å². The number of halogens is 3. The van der Waals surface area contributed by atoms with E-state index in [1.54, 1.807) is 18.2 Å². The molecule has 0 unspecified atom stereocenters. The van der Waals surface area contributed by atoms with E-state index in [-0.39, 0.29) is 5.69 Å². The van der Waals surface area contributed by atoms with E-state index in [1.807, 2.05) is 0 Å². The van der Waals surface area contributed by atoms with E-state index in [0.29, 0.717) is 47.3 Å². The predicted molar refractivity (Wildman–Crippen MR) is 115 cm³/mol. The third kappa shape index (κ3) is 3.83. The maximum Gasteiger partial charge on any atom is 0.418 e. The van der Waals surface area contributed by atoms with Crippen LogP contribution in [-0.4, -0.2) is 37.7 Å². The number of fused-ring (bicyclic) bond motifs is 1. The molecule has 0 bridgehead atoms. The van der Waals surface area contributed by atoms with Crippen LogP contribution in [0.5, 0.6) is 17.2 Å². The van der Waals surface area contributed by atoms with Gasteiger partial charge in [-0.1, -0.05) is 12.1 Å². The molecule has 3 aromatic rings. The van der Waals surface area contributed by atoms with Crippen LogP contribution in [0.4, 0.5) is 19.0 Å². The highest BCUT2D eigenvalue weighted by molar-refractivity contribution is 5.75. The molecule has 0 spiro atoms. The van der Waals surface area contributed by atoms with Gasteiger partial charge in [0.1, 0.15) is 5.82 Å². The van der Waals surface area contributed by atoms with Gasteiger partial charge in [0.15, 0.2) is 11.5 Å². The smallest absolute Gasteiger partial charge is 0.418 e. The Morgan fingerprint density at radius 3 is 2.28 bits per heavy atom. The zero-order valence-electron chi connectivity index (χ0n) is 18.0. The van der Waals surface area contributed by atoms with Crippen molar-refractivity contribution in [2.45, 2.75) is 25.4 Å². The van der Waals surface area contributed by atoms with Crippen LogP contribution in [0.25, 0.3) is 16.9 Å². The Bertz CT molecular complexity index is 1100. The van der Waals surface area contributed by atoms with Crippen molar-refractivity contribution >= 4 is 5.82 Å². The second-order valence-electron chi connectivity index (χ2n) is 7.40. The molecule has 4 rings (SSSR count). The van der Waals surface area contributed by atoms with Gasteiger partial charge in [-0.3, -0.25) is 0 Å². The van der Waals surface area contributed by atoms with Crippen molar-refractivity contribution in [1.82, 2.24) is 9.78 Å². The first-order valence-corrected chi connectivity index (χ1v) is 10.2. The van der Waals surface area contributed by atoms with Gasteiger partial charge in [-0.15, -0.1) is 0 Å². The molecule has 6 nitrogen and oxygen atoms in total. The lowest BCUT2D eigenvalue weighted by Crippen LogP contribution is -2.14. The molecule has 1 aliphatic heterocycles. The first-order valence-electron chi connectivity index (χ1n) is 10.2. The van der Waals surface area contributed by atoms with Crippen LogP contribution >= 0.6 is 0 Å². The Morgan fingerprint density at radius 2 is 1.66 bits per heavy atom. The van der Waals surface area contributed by atoms with Crippen LogP contribution in [0, 0.1) is 0 Å². The van der Waals surface area contributed by atoms with Crippen molar-refractivity contribution in [2.75, 3.05) is 33.2 Å². The summed E-state index contributed by atoms with van der Waals surface area (Å²) in [6, 6.07) is 8.97. The number of hydrogen-bond acceptors (Lipinski definition) is 5. The number of para-hydroxylation sites is 1. The van der Waals surface area contributed by atoms with E-state index in [0.717, 1.165) is 24.5 Å². The lowest BCUT2D eigenvalue weighted by Gasteiger charge is -2.15. The van der Waals surface area contributed by atoms with E-state index in [4.69, 9.17) is 14.2 Å². The minimum atomic E-state index is -4.51. The second kappa shape index (κ2) is 8.64. The fourth-order valence-corrected chi connectivity index (χ4v) is 4.02. The highest BCUT2D eigenvalue weighted by Gasteiger charge is 2.35. The number of nitrogens with one attached hydrogen (secondary N) is 1. The molecule has 1 aromatic heterocycles. The van der Waals surface area contributed by atoms with Gasteiger partial charge in [0.05, 0.1) is 38.3 Å². The number of anilines is 1. The number of benzene rings is 2. The third-order valence-electron chi connectivity index (χ3n) is 5.51.